The van der Waals surface area contributed by atoms with Crippen LogP contribution in [0, 0.1) is 0 Å². The molecule has 0 aliphatic heterocycles. The van der Waals surface area contributed by atoms with Crippen molar-refractivity contribution in [1.29, 1.82) is 0 Å². The first-order valence-corrected chi connectivity index (χ1v) is 10.1. The number of fused-ring (bicyclic) bond motifs is 1. The number of nitrogens with one attached hydrogen (secondary N) is 1. The topological polar surface area (TPSA) is 46.9 Å². The highest BCUT2D eigenvalue weighted by Gasteiger charge is 2.13. The Hall–Kier alpha value is -2.82. The van der Waals surface area contributed by atoms with Crippen LogP contribution in [0.3, 0.4) is 0 Å². The molecule has 0 unspecified atom stereocenters. The summed E-state index contributed by atoms with van der Waals surface area (Å²) < 4.78 is 2.18. The summed E-state index contributed by atoms with van der Waals surface area (Å²) in [7, 11) is 0. The Morgan fingerprint density at radius 3 is 2.45 bits per heavy atom. The van der Waals surface area contributed by atoms with Crippen LogP contribution in [0.25, 0.3) is 11.0 Å². The average molecular weight is 424 g/mol. The number of hydrogen-bond acceptors (Lipinski definition) is 2. The van der Waals surface area contributed by atoms with Crippen molar-refractivity contribution in [3.63, 3.8) is 0 Å². The number of carbonyl (C=O) groups is 1. The Labute approximate surface area is 179 Å². The molecule has 1 amide bonds. The highest BCUT2D eigenvalue weighted by Crippen LogP contribution is 2.20. The van der Waals surface area contributed by atoms with Gasteiger partial charge in [-0.05, 0) is 42.0 Å². The lowest BCUT2D eigenvalue weighted by molar-refractivity contribution is 0.0954. The fourth-order valence-electron chi connectivity index (χ4n) is 3.29. The van der Waals surface area contributed by atoms with Gasteiger partial charge in [0.1, 0.15) is 5.82 Å². The number of aromatic nitrogens is 2. The molecule has 4 aromatic rings. The predicted molar refractivity (Wildman–Crippen MR) is 118 cm³/mol. The van der Waals surface area contributed by atoms with Gasteiger partial charge < -0.3 is 9.88 Å². The van der Waals surface area contributed by atoms with E-state index in [1.54, 1.807) is 24.3 Å². The molecule has 6 heteroatoms. The summed E-state index contributed by atoms with van der Waals surface area (Å²) >= 11 is 12.1. The van der Waals surface area contributed by atoms with Gasteiger partial charge in [0.15, 0.2) is 0 Å². The van der Waals surface area contributed by atoms with Crippen LogP contribution in [0.15, 0.2) is 72.8 Å². The second-order valence-electron chi connectivity index (χ2n) is 6.72. The Morgan fingerprint density at radius 1 is 0.931 bits per heavy atom. The molecular weight excluding hydrogens is 405 g/mol. The minimum absolute atomic E-state index is 0.184. The van der Waals surface area contributed by atoms with E-state index in [-0.39, 0.29) is 5.91 Å². The van der Waals surface area contributed by atoms with Crippen LogP contribution in [-0.2, 0) is 13.0 Å². The molecule has 0 fully saturated rings. The highest BCUT2D eigenvalue weighted by molar-refractivity contribution is 6.33. The number of amides is 1. The zero-order valence-corrected chi connectivity index (χ0v) is 17.1. The molecule has 1 heterocycles. The summed E-state index contributed by atoms with van der Waals surface area (Å²) in [5.41, 5.74) is 3.62. The van der Waals surface area contributed by atoms with Gasteiger partial charge in [-0.25, -0.2) is 4.98 Å². The molecule has 0 aliphatic carbocycles. The summed E-state index contributed by atoms with van der Waals surface area (Å²) in [5.74, 6) is 0.733. The third kappa shape index (κ3) is 4.44. The lowest BCUT2D eigenvalue weighted by Gasteiger charge is -2.11. The summed E-state index contributed by atoms with van der Waals surface area (Å²) in [6.45, 7) is 1.15. The van der Waals surface area contributed by atoms with E-state index in [1.807, 2.05) is 42.5 Å². The molecule has 0 bridgehead atoms. The quantitative estimate of drug-likeness (QED) is 0.453. The summed E-state index contributed by atoms with van der Waals surface area (Å²) in [4.78, 5) is 17.2. The Kier molecular flexibility index (Phi) is 5.84. The molecule has 0 spiro atoms. The van der Waals surface area contributed by atoms with E-state index >= 15 is 0 Å². The van der Waals surface area contributed by atoms with Crippen LogP contribution in [-0.4, -0.2) is 22.0 Å². The number of rotatable bonds is 6. The smallest absolute Gasteiger partial charge is 0.252 e. The molecule has 4 nitrogen and oxygen atoms in total. The number of nitrogens with zero attached hydrogens (tertiary/aromatic N) is 2. The largest absolute Gasteiger partial charge is 0.352 e. The number of imidazole rings is 1. The van der Waals surface area contributed by atoms with Crippen LogP contribution >= 0.6 is 23.2 Å². The van der Waals surface area contributed by atoms with E-state index in [2.05, 4.69) is 16.0 Å². The van der Waals surface area contributed by atoms with Gasteiger partial charge in [0.25, 0.3) is 5.91 Å². The van der Waals surface area contributed by atoms with Crippen LogP contribution in [0.4, 0.5) is 0 Å². The number of halogens is 2. The Balaban J connectivity index is 1.53. The van der Waals surface area contributed by atoms with Gasteiger partial charge >= 0.3 is 0 Å². The first-order chi connectivity index (χ1) is 14.1. The fourth-order valence-corrected chi connectivity index (χ4v) is 3.64. The number of carbonyl (C=O) groups excluding carboxylic acids is 1. The van der Waals surface area contributed by atoms with Crippen molar-refractivity contribution in [3.8, 4) is 0 Å². The van der Waals surface area contributed by atoms with E-state index in [1.165, 1.54) is 0 Å². The maximum atomic E-state index is 12.4. The van der Waals surface area contributed by atoms with E-state index in [4.69, 9.17) is 28.2 Å². The molecule has 0 saturated carbocycles. The third-order valence-electron chi connectivity index (χ3n) is 4.74. The number of benzene rings is 3. The molecule has 1 N–H and O–H groups in total. The molecular formula is C23H19Cl2N3O. The fraction of sp³-hybridized carbons (Fsp3) is 0.130. The van der Waals surface area contributed by atoms with Gasteiger partial charge in [0.05, 0.1) is 21.6 Å². The van der Waals surface area contributed by atoms with Crippen LogP contribution in [0.5, 0.6) is 0 Å². The third-order valence-corrected chi connectivity index (χ3v) is 5.32. The highest BCUT2D eigenvalue weighted by atomic mass is 35.5. The normalized spacial score (nSPS) is 11.0. The monoisotopic (exact) mass is 423 g/mol. The van der Waals surface area contributed by atoms with Gasteiger partial charge in [0, 0.05) is 24.5 Å². The van der Waals surface area contributed by atoms with Crippen LogP contribution < -0.4 is 5.32 Å². The minimum Gasteiger partial charge on any atom is -0.352 e. The predicted octanol–water partition coefficient (Wildman–Crippen LogP) is 5.36. The van der Waals surface area contributed by atoms with Gasteiger partial charge in [-0.2, -0.15) is 0 Å². The summed E-state index contributed by atoms with van der Waals surface area (Å²) in [6, 6.07) is 22.9. The SMILES string of the molecule is O=C(NCCc1nc2ccccc2n1Cc1ccc(Cl)cc1)c1ccccc1Cl. The summed E-state index contributed by atoms with van der Waals surface area (Å²) in [6.07, 6.45) is 0.610. The molecule has 4 rings (SSSR count). The van der Waals surface area contributed by atoms with Crippen molar-refractivity contribution in [2.24, 2.45) is 0 Å². The second-order valence-corrected chi connectivity index (χ2v) is 7.56. The molecule has 0 aliphatic rings. The lowest BCUT2D eigenvalue weighted by atomic mass is 10.2. The van der Waals surface area contributed by atoms with Gasteiger partial charge in [0.2, 0.25) is 0 Å². The standard InChI is InChI=1S/C23H19Cl2N3O/c24-17-11-9-16(10-12-17)15-28-21-8-4-3-7-20(21)27-22(28)13-14-26-23(29)18-5-1-2-6-19(18)25/h1-12H,13-15H2,(H,26,29). The van der Waals surface area contributed by atoms with Crippen molar-refractivity contribution in [3.05, 3.63) is 99.8 Å². The lowest BCUT2D eigenvalue weighted by Crippen LogP contribution is -2.26. The van der Waals surface area contributed by atoms with Crippen LogP contribution in [0.2, 0.25) is 10.0 Å². The maximum absolute atomic E-state index is 12.4. The zero-order chi connectivity index (χ0) is 20.2. The molecule has 0 atom stereocenters. The van der Waals surface area contributed by atoms with E-state index in [0.29, 0.717) is 35.1 Å². The first-order valence-electron chi connectivity index (χ1n) is 9.33. The Morgan fingerprint density at radius 2 is 1.66 bits per heavy atom. The molecule has 1 aromatic heterocycles. The average Bonchev–Trinajstić information content (AvgIpc) is 3.07. The molecule has 0 radical (unpaired) electrons. The van der Waals surface area contributed by atoms with Crippen molar-refractivity contribution in [2.75, 3.05) is 6.54 Å². The molecule has 3 aromatic carbocycles. The molecule has 29 heavy (non-hydrogen) atoms. The van der Waals surface area contributed by atoms with Crippen molar-refractivity contribution >= 4 is 40.1 Å². The van der Waals surface area contributed by atoms with Crippen LogP contribution in [0.1, 0.15) is 21.7 Å². The minimum atomic E-state index is -0.184. The molecule has 0 saturated heterocycles. The van der Waals surface area contributed by atoms with Gasteiger partial charge in [-0.15, -0.1) is 0 Å². The first kappa shape index (κ1) is 19.5. The van der Waals surface area contributed by atoms with E-state index in [9.17, 15) is 4.79 Å². The number of para-hydroxylation sites is 2. The van der Waals surface area contributed by atoms with Crippen molar-refractivity contribution in [1.82, 2.24) is 14.9 Å². The zero-order valence-electron chi connectivity index (χ0n) is 15.6. The van der Waals surface area contributed by atoms with Gasteiger partial charge in [-0.3, -0.25) is 4.79 Å². The maximum Gasteiger partial charge on any atom is 0.252 e. The van der Waals surface area contributed by atoms with Crippen molar-refractivity contribution < 1.29 is 4.79 Å². The van der Waals surface area contributed by atoms with Crippen molar-refractivity contribution in [2.45, 2.75) is 13.0 Å². The van der Waals surface area contributed by atoms with E-state index in [0.717, 1.165) is 22.4 Å². The van der Waals surface area contributed by atoms with Gasteiger partial charge in [-0.1, -0.05) is 59.6 Å². The summed E-state index contributed by atoms with van der Waals surface area (Å²) in [5, 5.41) is 4.10. The number of hydrogen-bond donors (Lipinski definition) is 1. The van der Waals surface area contributed by atoms with E-state index < -0.39 is 0 Å². The Bertz CT molecular complexity index is 1150. The second kappa shape index (κ2) is 8.68. The molecule has 146 valence electrons.